The van der Waals surface area contributed by atoms with Gasteiger partial charge in [-0.05, 0) is 36.5 Å². The molecule has 1 heterocycles. The van der Waals surface area contributed by atoms with E-state index in [1.165, 1.54) is 4.90 Å². The summed E-state index contributed by atoms with van der Waals surface area (Å²) in [5.41, 5.74) is 1.70. The zero-order chi connectivity index (χ0) is 21.3. The first-order chi connectivity index (χ1) is 14.5. The Labute approximate surface area is 175 Å². The standard InChI is InChI=1S/C23H25N3O4/c1-25(14-17-9-4-6-12-19(17)30-2)20(27)15-26-21(28)23(24-22(26)29)13-7-10-16-8-3-5-11-18(16)23/h3-6,8-9,11-12H,7,10,13-15H2,1-2H3,(H,24,29)/t23-/m0/s1. The van der Waals surface area contributed by atoms with Crippen LogP contribution in [0.3, 0.4) is 0 Å². The van der Waals surface area contributed by atoms with E-state index in [2.05, 4.69) is 5.32 Å². The molecule has 2 aromatic carbocycles. The highest BCUT2D eigenvalue weighted by Crippen LogP contribution is 2.39. The Morgan fingerprint density at radius 2 is 1.90 bits per heavy atom. The molecule has 30 heavy (non-hydrogen) atoms. The van der Waals surface area contributed by atoms with Crippen LogP contribution in [0.1, 0.15) is 29.5 Å². The first-order valence-electron chi connectivity index (χ1n) is 10.0. The van der Waals surface area contributed by atoms with Crippen molar-refractivity contribution in [2.45, 2.75) is 31.3 Å². The molecule has 1 N–H and O–H groups in total. The molecule has 0 radical (unpaired) electrons. The van der Waals surface area contributed by atoms with E-state index in [4.69, 9.17) is 4.74 Å². The minimum Gasteiger partial charge on any atom is -0.496 e. The van der Waals surface area contributed by atoms with Crippen LogP contribution < -0.4 is 10.1 Å². The number of aryl methyl sites for hydroxylation is 1. The van der Waals surface area contributed by atoms with E-state index in [0.717, 1.165) is 34.4 Å². The van der Waals surface area contributed by atoms with Crippen molar-refractivity contribution in [2.24, 2.45) is 0 Å². The van der Waals surface area contributed by atoms with Gasteiger partial charge in [0.25, 0.3) is 5.91 Å². The Hall–Kier alpha value is -3.35. The molecule has 0 bridgehead atoms. The van der Waals surface area contributed by atoms with E-state index in [1.54, 1.807) is 14.2 Å². The monoisotopic (exact) mass is 407 g/mol. The number of rotatable bonds is 5. The quantitative estimate of drug-likeness (QED) is 0.773. The molecule has 1 aliphatic carbocycles. The molecule has 7 nitrogen and oxygen atoms in total. The topological polar surface area (TPSA) is 79.0 Å². The van der Waals surface area contributed by atoms with Crippen molar-refractivity contribution in [1.29, 1.82) is 0 Å². The first kappa shape index (κ1) is 19.9. The van der Waals surface area contributed by atoms with Crippen molar-refractivity contribution in [3.63, 3.8) is 0 Å². The largest absolute Gasteiger partial charge is 0.496 e. The second-order valence-corrected chi connectivity index (χ2v) is 7.80. The van der Waals surface area contributed by atoms with Crippen LogP contribution in [0.25, 0.3) is 0 Å². The third-order valence-corrected chi connectivity index (χ3v) is 5.97. The number of methoxy groups -OCH3 is 1. The first-order valence-corrected chi connectivity index (χ1v) is 10.0. The van der Waals surface area contributed by atoms with Gasteiger partial charge in [-0.1, -0.05) is 42.5 Å². The number of imide groups is 1. The molecule has 1 atom stereocenters. The van der Waals surface area contributed by atoms with Crippen LogP contribution >= 0.6 is 0 Å². The van der Waals surface area contributed by atoms with Crippen LogP contribution in [-0.2, 0) is 28.1 Å². The molecule has 1 saturated heterocycles. The number of carbonyl (C=O) groups excluding carboxylic acids is 3. The third-order valence-electron chi connectivity index (χ3n) is 5.97. The predicted octanol–water partition coefficient (Wildman–Crippen LogP) is 2.44. The summed E-state index contributed by atoms with van der Waals surface area (Å²) in [5.74, 6) is 0.0224. The normalized spacial score (nSPS) is 20.1. The number of amides is 4. The Bertz CT molecular complexity index is 1010. The molecule has 1 aliphatic heterocycles. The number of nitrogens with zero attached hydrogens (tertiary/aromatic N) is 2. The van der Waals surface area contributed by atoms with Gasteiger partial charge in [0, 0.05) is 19.2 Å². The van der Waals surface area contributed by atoms with Crippen LogP contribution in [0.2, 0.25) is 0 Å². The average molecular weight is 407 g/mol. The number of carbonyl (C=O) groups is 3. The fourth-order valence-electron chi connectivity index (χ4n) is 4.39. The minimum absolute atomic E-state index is 0.291. The highest BCUT2D eigenvalue weighted by Gasteiger charge is 2.54. The Morgan fingerprint density at radius 1 is 1.17 bits per heavy atom. The Morgan fingerprint density at radius 3 is 2.70 bits per heavy atom. The van der Waals surface area contributed by atoms with E-state index in [1.807, 2.05) is 48.5 Å². The van der Waals surface area contributed by atoms with Gasteiger partial charge in [-0.3, -0.25) is 14.5 Å². The molecule has 2 aliphatic rings. The zero-order valence-corrected chi connectivity index (χ0v) is 17.2. The van der Waals surface area contributed by atoms with Gasteiger partial charge in [-0.15, -0.1) is 0 Å². The fourth-order valence-corrected chi connectivity index (χ4v) is 4.39. The van der Waals surface area contributed by atoms with Gasteiger partial charge in [-0.25, -0.2) is 4.79 Å². The van der Waals surface area contributed by atoms with Gasteiger partial charge in [0.1, 0.15) is 17.8 Å². The molecule has 4 rings (SSSR count). The van der Waals surface area contributed by atoms with E-state index < -0.39 is 11.6 Å². The van der Waals surface area contributed by atoms with Crippen molar-refractivity contribution in [3.05, 3.63) is 65.2 Å². The van der Waals surface area contributed by atoms with E-state index in [9.17, 15) is 14.4 Å². The van der Waals surface area contributed by atoms with Crippen molar-refractivity contribution >= 4 is 17.8 Å². The highest BCUT2D eigenvalue weighted by molar-refractivity contribution is 6.09. The number of ether oxygens (including phenoxy) is 1. The van der Waals surface area contributed by atoms with Gasteiger partial charge in [0.2, 0.25) is 5.91 Å². The summed E-state index contributed by atoms with van der Waals surface area (Å²) in [5, 5.41) is 2.88. The molecule has 7 heteroatoms. The lowest BCUT2D eigenvalue weighted by Crippen LogP contribution is -2.47. The average Bonchev–Trinajstić information content (AvgIpc) is 2.99. The van der Waals surface area contributed by atoms with Gasteiger partial charge < -0.3 is 15.0 Å². The molecule has 0 saturated carbocycles. The molecule has 1 fully saturated rings. The number of likely N-dealkylation sites (N-methyl/N-ethyl adjacent to an activating group) is 1. The van der Waals surface area contributed by atoms with Gasteiger partial charge >= 0.3 is 6.03 Å². The summed E-state index contributed by atoms with van der Waals surface area (Å²) >= 11 is 0. The summed E-state index contributed by atoms with van der Waals surface area (Å²) in [6.07, 6.45) is 2.22. The molecule has 2 aromatic rings. The zero-order valence-electron chi connectivity index (χ0n) is 17.2. The molecule has 0 unspecified atom stereocenters. The van der Waals surface area contributed by atoms with Crippen LogP contribution in [-0.4, -0.2) is 48.3 Å². The lowest BCUT2D eigenvalue weighted by atomic mass is 9.76. The van der Waals surface area contributed by atoms with E-state index in [-0.39, 0.29) is 18.4 Å². The summed E-state index contributed by atoms with van der Waals surface area (Å²) < 4.78 is 5.34. The van der Waals surface area contributed by atoms with Crippen molar-refractivity contribution in [2.75, 3.05) is 20.7 Å². The van der Waals surface area contributed by atoms with Gasteiger partial charge in [0.05, 0.1) is 7.11 Å². The third kappa shape index (κ3) is 3.30. The fraction of sp³-hybridized carbons (Fsp3) is 0.348. The summed E-state index contributed by atoms with van der Waals surface area (Å²) in [7, 11) is 3.23. The van der Waals surface area contributed by atoms with Gasteiger partial charge in [0.15, 0.2) is 0 Å². The lowest BCUT2D eigenvalue weighted by molar-refractivity contribution is -0.139. The number of benzene rings is 2. The van der Waals surface area contributed by atoms with Crippen LogP contribution in [0.4, 0.5) is 4.79 Å². The Balaban J connectivity index is 1.51. The molecule has 1 spiro atoms. The van der Waals surface area contributed by atoms with Crippen LogP contribution in [0.5, 0.6) is 5.75 Å². The maximum Gasteiger partial charge on any atom is 0.325 e. The molecular formula is C23H25N3O4. The van der Waals surface area contributed by atoms with Crippen molar-refractivity contribution in [1.82, 2.24) is 15.1 Å². The number of nitrogens with one attached hydrogen (secondary N) is 1. The van der Waals surface area contributed by atoms with E-state index >= 15 is 0 Å². The van der Waals surface area contributed by atoms with E-state index in [0.29, 0.717) is 18.7 Å². The van der Waals surface area contributed by atoms with Crippen molar-refractivity contribution in [3.8, 4) is 5.75 Å². The Kier molecular flexibility index (Phi) is 5.20. The number of fused-ring (bicyclic) bond motifs is 2. The molecule has 0 aromatic heterocycles. The number of hydrogen-bond donors (Lipinski definition) is 1. The molecular weight excluding hydrogens is 382 g/mol. The number of hydrogen-bond acceptors (Lipinski definition) is 4. The maximum absolute atomic E-state index is 13.3. The second-order valence-electron chi connectivity index (χ2n) is 7.80. The smallest absolute Gasteiger partial charge is 0.325 e. The van der Waals surface area contributed by atoms with Crippen LogP contribution in [0, 0.1) is 0 Å². The van der Waals surface area contributed by atoms with Crippen molar-refractivity contribution < 1.29 is 19.1 Å². The summed E-state index contributed by atoms with van der Waals surface area (Å²) in [4.78, 5) is 41.4. The second kappa shape index (κ2) is 7.82. The number of urea groups is 1. The predicted molar refractivity (Wildman–Crippen MR) is 111 cm³/mol. The molecule has 156 valence electrons. The number of para-hydroxylation sites is 1. The SMILES string of the molecule is COc1ccccc1CN(C)C(=O)CN1C(=O)N[C@]2(CCCc3ccccc32)C1=O. The lowest BCUT2D eigenvalue weighted by Gasteiger charge is -2.33. The maximum atomic E-state index is 13.3. The minimum atomic E-state index is -1.06. The van der Waals surface area contributed by atoms with Gasteiger partial charge in [-0.2, -0.15) is 0 Å². The van der Waals surface area contributed by atoms with Crippen LogP contribution in [0.15, 0.2) is 48.5 Å². The summed E-state index contributed by atoms with van der Waals surface area (Å²) in [6.45, 7) is 0.0285. The summed E-state index contributed by atoms with van der Waals surface area (Å²) in [6, 6.07) is 14.6. The highest BCUT2D eigenvalue weighted by atomic mass is 16.5. The molecule has 4 amide bonds.